The molecule has 1 aromatic heterocycles. The molecule has 3 amide bonds. The average Bonchev–Trinajstić information content (AvgIpc) is 3.28. The highest BCUT2D eigenvalue weighted by molar-refractivity contribution is 6.06. The van der Waals surface area contributed by atoms with Gasteiger partial charge in [-0.3, -0.25) is 14.4 Å². The monoisotopic (exact) mass is 407 g/mol. The minimum absolute atomic E-state index is 0.0354. The van der Waals surface area contributed by atoms with E-state index in [0.717, 1.165) is 0 Å². The number of nitrogens with one attached hydrogen (secondary N) is 2. The molecule has 30 heavy (non-hydrogen) atoms. The van der Waals surface area contributed by atoms with Crippen LogP contribution in [0.3, 0.4) is 0 Å². The van der Waals surface area contributed by atoms with E-state index < -0.39 is 5.91 Å². The van der Waals surface area contributed by atoms with Gasteiger partial charge in [-0.1, -0.05) is 0 Å². The molecule has 3 rings (SSSR count). The van der Waals surface area contributed by atoms with Crippen molar-refractivity contribution in [3.05, 3.63) is 60.2 Å². The lowest BCUT2D eigenvalue weighted by molar-refractivity contribution is -0.114. The summed E-state index contributed by atoms with van der Waals surface area (Å²) in [5, 5.41) is 14.7. The molecule has 1 aliphatic heterocycles. The topological polar surface area (TPSA) is 119 Å². The molecule has 2 N–H and O–H groups in total. The Morgan fingerprint density at radius 1 is 1.03 bits per heavy atom. The minimum Gasteiger partial charge on any atom is -0.459 e. The van der Waals surface area contributed by atoms with Gasteiger partial charge in [0.05, 0.1) is 6.26 Å². The normalized spacial score (nSPS) is 14.1. The third-order valence-electron chi connectivity index (χ3n) is 4.47. The Morgan fingerprint density at radius 3 is 2.20 bits per heavy atom. The maximum absolute atomic E-state index is 12.4. The molecule has 1 saturated heterocycles. The fourth-order valence-corrected chi connectivity index (χ4v) is 2.97. The van der Waals surface area contributed by atoms with Crippen LogP contribution in [0.1, 0.15) is 17.5 Å². The Balaban J connectivity index is 1.56. The SMILES string of the molecule is CC(=O)Nc1ccc(NC(=O)/C(C#N)=C\N2CCN(C(=O)c3ccco3)CC2)cc1. The molecule has 9 nitrogen and oxygen atoms in total. The molecule has 1 aromatic carbocycles. The second-order valence-electron chi connectivity index (χ2n) is 6.67. The number of nitriles is 1. The molecule has 0 unspecified atom stereocenters. The first-order valence-electron chi connectivity index (χ1n) is 9.34. The quantitative estimate of drug-likeness (QED) is 0.578. The van der Waals surface area contributed by atoms with Crippen molar-refractivity contribution in [2.24, 2.45) is 0 Å². The molecule has 2 aromatic rings. The smallest absolute Gasteiger partial charge is 0.289 e. The summed E-state index contributed by atoms with van der Waals surface area (Å²) < 4.78 is 5.14. The average molecular weight is 407 g/mol. The Hall–Kier alpha value is -4.06. The van der Waals surface area contributed by atoms with Gasteiger partial charge in [0.1, 0.15) is 11.6 Å². The van der Waals surface area contributed by atoms with E-state index in [4.69, 9.17) is 4.42 Å². The van der Waals surface area contributed by atoms with E-state index in [1.807, 2.05) is 11.0 Å². The zero-order chi connectivity index (χ0) is 21.5. The van der Waals surface area contributed by atoms with Crippen molar-refractivity contribution in [1.29, 1.82) is 5.26 Å². The van der Waals surface area contributed by atoms with Crippen LogP contribution in [0.5, 0.6) is 0 Å². The Labute approximate surface area is 173 Å². The first-order chi connectivity index (χ1) is 14.5. The predicted octanol–water partition coefficient (Wildman–Crippen LogP) is 2.04. The fourth-order valence-electron chi connectivity index (χ4n) is 2.97. The number of benzene rings is 1. The third-order valence-corrected chi connectivity index (χ3v) is 4.47. The number of amides is 3. The van der Waals surface area contributed by atoms with Crippen molar-refractivity contribution in [1.82, 2.24) is 9.80 Å². The number of anilines is 2. The molecule has 154 valence electrons. The van der Waals surface area contributed by atoms with Crippen LogP contribution in [0.2, 0.25) is 0 Å². The van der Waals surface area contributed by atoms with E-state index >= 15 is 0 Å². The van der Waals surface area contributed by atoms with Gasteiger partial charge in [0.2, 0.25) is 5.91 Å². The number of furan rings is 1. The number of carbonyl (C=O) groups excluding carboxylic acids is 3. The summed E-state index contributed by atoms with van der Waals surface area (Å²) in [6.45, 7) is 3.32. The number of piperazine rings is 1. The van der Waals surface area contributed by atoms with Gasteiger partial charge in [-0.2, -0.15) is 5.26 Å². The van der Waals surface area contributed by atoms with Crippen LogP contribution in [0.25, 0.3) is 0 Å². The second-order valence-corrected chi connectivity index (χ2v) is 6.67. The van der Waals surface area contributed by atoms with Crippen LogP contribution in [-0.4, -0.2) is 53.7 Å². The molecule has 0 aliphatic carbocycles. The Bertz CT molecular complexity index is 981. The van der Waals surface area contributed by atoms with Gasteiger partial charge < -0.3 is 24.9 Å². The zero-order valence-electron chi connectivity index (χ0n) is 16.4. The lowest BCUT2D eigenvalue weighted by Gasteiger charge is -2.33. The first-order valence-corrected chi connectivity index (χ1v) is 9.34. The lowest BCUT2D eigenvalue weighted by Crippen LogP contribution is -2.47. The first kappa shape index (κ1) is 20.7. The maximum atomic E-state index is 12.4. The van der Waals surface area contributed by atoms with Crippen molar-refractivity contribution in [2.75, 3.05) is 36.8 Å². The highest BCUT2D eigenvalue weighted by atomic mass is 16.3. The van der Waals surface area contributed by atoms with Crippen molar-refractivity contribution < 1.29 is 18.8 Å². The number of nitrogens with zero attached hydrogens (tertiary/aromatic N) is 3. The molecular formula is C21H21N5O4. The molecule has 0 radical (unpaired) electrons. The van der Waals surface area contributed by atoms with Crippen LogP contribution in [0, 0.1) is 11.3 Å². The van der Waals surface area contributed by atoms with Gasteiger partial charge in [-0.25, -0.2) is 0 Å². The van der Waals surface area contributed by atoms with E-state index in [9.17, 15) is 19.6 Å². The molecule has 0 bridgehead atoms. The minimum atomic E-state index is -0.529. The Morgan fingerprint density at radius 2 is 1.67 bits per heavy atom. The predicted molar refractivity (Wildman–Crippen MR) is 109 cm³/mol. The van der Waals surface area contributed by atoms with Crippen molar-refractivity contribution in [3.8, 4) is 6.07 Å². The van der Waals surface area contributed by atoms with Crippen LogP contribution >= 0.6 is 0 Å². The van der Waals surface area contributed by atoms with Gasteiger partial charge in [-0.05, 0) is 36.4 Å². The van der Waals surface area contributed by atoms with Gasteiger partial charge in [-0.15, -0.1) is 0 Å². The van der Waals surface area contributed by atoms with Crippen LogP contribution < -0.4 is 10.6 Å². The molecule has 2 heterocycles. The van der Waals surface area contributed by atoms with Gasteiger partial charge >= 0.3 is 0 Å². The van der Waals surface area contributed by atoms with E-state index in [2.05, 4.69) is 10.6 Å². The Kier molecular flexibility index (Phi) is 6.49. The molecule has 1 fully saturated rings. The number of rotatable bonds is 5. The van der Waals surface area contributed by atoms with Crippen LogP contribution in [0.4, 0.5) is 11.4 Å². The number of hydrogen-bond donors (Lipinski definition) is 2. The third kappa shape index (κ3) is 5.26. The summed E-state index contributed by atoms with van der Waals surface area (Å²) in [7, 11) is 0. The zero-order valence-corrected chi connectivity index (χ0v) is 16.4. The van der Waals surface area contributed by atoms with Gasteiger partial charge in [0.25, 0.3) is 11.8 Å². The lowest BCUT2D eigenvalue weighted by atomic mass is 10.2. The standard InChI is InChI=1S/C21H21N5O4/c1-15(27)23-17-4-6-18(7-5-17)24-20(28)16(13-22)14-25-8-10-26(11-9-25)21(29)19-3-2-12-30-19/h2-7,12,14H,8-11H2,1H3,(H,23,27)(H,24,28)/b16-14-. The largest absolute Gasteiger partial charge is 0.459 e. The number of carbonyl (C=O) groups is 3. The fraction of sp³-hybridized carbons (Fsp3) is 0.238. The van der Waals surface area contributed by atoms with Crippen molar-refractivity contribution >= 4 is 29.1 Å². The molecule has 0 saturated carbocycles. The molecule has 1 aliphatic rings. The molecular weight excluding hydrogens is 386 g/mol. The van der Waals surface area contributed by atoms with E-state index in [1.54, 1.807) is 41.3 Å². The van der Waals surface area contributed by atoms with Crippen molar-refractivity contribution in [3.63, 3.8) is 0 Å². The summed E-state index contributed by atoms with van der Waals surface area (Å²) in [6, 6.07) is 11.8. The summed E-state index contributed by atoms with van der Waals surface area (Å²) >= 11 is 0. The van der Waals surface area contributed by atoms with Gasteiger partial charge in [0, 0.05) is 50.7 Å². The molecule has 9 heteroatoms. The summed E-state index contributed by atoms with van der Waals surface area (Å²) in [6.07, 6.45) is 2.97. The van der Waals surface area contributed by atoms with Crippen molar-refractivity contribution in [2.45, 2.75) is 6.92 Å². The summed E-state index contributed by atoms with van der Waals surface area (Å²) in [5.74, 6) is -0.600. The van der Waals surface area contributed by atoms with E-state index in [1.165, 1.54) is 19.4 Å². The maximum Gasteiger partial charge on any atom is 0.289 e. The number of hydrogen-bond acceptors (Lipinski definition) is 6. The van der Waals surface area contributed by atoms with Crippen LogP contribution in [-0.2, 0) is 9.59 Å². The molecule has 0 spiro atoms. The van der Waals surface area contributed by atoms with E-state index in [-0.39, 0.29) is 17.4 Å². The van der Waals surface area contributed by atoms with E-state index in [0.29, 0.717) is 43.3 Å². The summed E-state index contributed by atoms with van der Waals surface area (Å²) in [5.41, 5.74) is 1.08. The highest BCUT2D eigenvalue weighted by Crippen LogP contribution is 2.15. The van der Waals surface area contributed by atoms with Crippen LogP contribution in [0.15, 0.2) is 58.9 Å². The highest BCUT2D eigenvalue weighted by Gasteiger charge is 2.23. The molecule has 0 atom stereocenters. The van der Waals surface area contributed by atoms with Gasteiger partial charge in [0.15, 0.2) is 5.76 Å². The summed E-state index contributed by atoms with van der Waals surface area (Å²) in [4.78, 5) is 39.3. The second kappa shape index (κ2) is 9.43.